The first-order valence-corrected chi connectivity index (χ1v) is 10.6. The van der Waals surface area contributed by atoms with Crippen LogP contribution in [0.5, 0.6) is 0 Å². The molecule has 0 saturated carbocycles. The van der Waals surface area contributed by atoms with Crippen molar-refractivity contribution >= 4 is 33.1 Å². The molecule has 1 aliphatic heterocycles. The van der Waals surface area contributed by atoms with Crippen molar-refractivity contribution in [2.75, 3.05) is 13.2 Å². The molecule has 0 atom stereocenters. The Bertz CT molecular complexity index is 938. The molecule has 1 saturated heterocycles. The second-order valence-electron chi connectivity index (χ2n) is 8.17. The third-order valence-electron chi connectivity index (χ3n) is 5.61. The van der Waals surface area contributed by atoms with Gasteiger partial charge in [-0.2, -0.15) is 0 Å². The maximum atomic E-state index is 14.4. The fourth-order valence-electron chi connectivity index (χ4n) is 3.98. The molecule has 2 aliphatic rings. The molecular weight excluding hydrogens is 433 g/mol. The van der Waals surface area contributed by atoms with E-state index < -0.39 is 5.54 Å². The van der Waals surface area contributed by atoms with Crippen molar-refractivity contribution in [3.8, 4) is 0 Å². The van der Waals surface area contributed by atoms with Crippen molar-refractivity contribution in [2.24, 2.45) is 0 Å². The van der Waals surface area contributed by atoms with E-state index in [1.165, 1.54) is 6.07 Å². The minimum Gasteiger partial charge on any atom is -0.381 e. The summed E-state index contributed by atoms with van der Waals surface area (Å²) >= 11 is 3.32. The van der Waals surface area contributed by atoms with Crippen molar-refractivity contribution in [1.29, 1.82) is 0 Å². The van der Waals surface area contributed by atoms with Crippen molar-refractivity contribution in [3.05, 3.63) is 70.0 Å². The Morgan fingerprint density at radius 3 is 2.55 bits per heavy atom. The zero-order valence-electron chi connectivity index (χ0n) is 17.3. The minimum atomic E-state index is -0.404. The second kappa shape index (κ2) is 8.41. The molecule has 0 N–H and O–H groups in total. The van der Waals surface area contributed by atoms with Gasteiger partial charge in [0.1, 0.15) is 5.82 Å². The summed E-state index contributed by atoms with van der Waals surface area (Å²) in [6.45, 7) is 15.2. The Morgan fingerprint density at radius 1 is 1.28 bits per heavy atom. The van der Waals surface area contributed by atoms with E-state index in [1.54, 1.807) is 6.07 Å². The van der Waals surface area contributed by atoms with Crippen molar-refractivity contribution in [3.63, 3.8) is 0 Å². The Balaban J connectivity index is 2.26. The van der Waals surface area contributed by atoms with Crippen LogP contribution in [0.2, 0.25) is 0 Å². The number of rotatable bonds is 4. The first-order valence-electron chi connectivity index (χ1n) is 9.77. The first kappa shape index (κ1) is 21.7. The van der Waals surface area contributed by atoms with Crippen LogP contribution in [0.15, 0.2) is 53.1 Å². The van der Waals surface area contributed by atoms with Gasteiger partial charge < -0.3 is 9.64 Å². The van der Waals surface area contributed by atoms with Gasteiger partial charge in [0.25, 0.3) is 0 Å². The molecule has 0 aromatic heterocycles. The number of halogens is 2. The predicted molar refractivity (Wildman–Crippen MR) is 120 cm³/mol. The number of nitrogens with zero attached hydrogens (tertiary/aromatic N) is 1. The molecule has 3 rings (SSSR count). The highest BCUT2D eigenvalue weighted by atomic mass is 79.9. The van der Waals surface area contributed by atoms with E-state index in [-0.39, 0.29) is 18.1 Å². The molecule has 1 aromatic rings. The smallest absolute Gasteiger partial charge is 0.231 e. The fraction of sp³-hybridized carbons (Fsp3) is 0.375. The third kappa shape index (κ3) is 4.31. The average molecular weight is 460 g/mol. The molecule has 1 amide bonds. The number of amides is 1. The maximum absolute atomic E-state index is 14.4. The van der Waals surface area contributed by atoms with Gasteiger partial charge in [0, 0.05) is 30.7 Å². The topological polar surface area (TPSA) is 29.5 Å². The van der Waals surface area contributed by atoms with Gasteiger partial charge in [-0.25, -0.2) is 4.39 Å². The van der Waals surface area contributed by atoms with Gasteiger partial charge in [-0.1, -0.05) is 30.9 Å². The minimum absolute atomic E-state index is 0.0106. The number of carbonyl (C=O) groups is 1. The Kier molecular flexibility index (Phi) is 6.30. The number of fused-ring (bicyclic) bond motifs is 1. The molecule has 29 heavy (non-hydrogen) atoms. The summed E-state index contributed by atoms with van der Waals surface area (Å²) < 4.78 is 20.3. The van der Waals surface area contributed by atoms with E-state index in [0.29, 0.717) is 28.8 Å². The summed E-state index contributed by atoms with van der Waals surface area (Å²) in [7, 11) is 0. The molecule has 1 aliphatic carbocycles. The van der Waals surface area contributed by atoms with Crippen LogP contribution in [0.3, 0.4) is 0 Å². The number of benzene rings is 1. The zero-order chi connectivity index (χ0) is 21.3. The van der Waals surface area contributed by atoms with Gasteiger partial charge in [0.15, 0.2) is 0 Å². The summed E-state index contributed by atoms with van der Waals surface area (Å²) in [6, 6.07) is 3.24. The monoisotopic (exact) mass is 459 g/mol. The lowest BCUT2D eigenvalue weighted by Gasteiger charge is -2.46. The number of hydrogen-bond acceptors (Lipinski definition) is 2. The highest BCUT2D eigenvalue weighted by Crippen LogP contribution is 2.42. The molecule has 1 aromatic carbocycles. The van der Waals surface area contributed by atoms with Crippen LogP contribution in [0.1, 0.15) is 51.2 Å². The lowest BCUT2D eigenvalue weighted by Crippen LogP contribution is -2.52. The summed E-state index contributed by atoms with van der Waals surface area (Å²) in [6.07, 6.45) is 5.55. The van der Waals surface area contributed by atoms with Crippen LogP contribution in [0.25, 0.3) is 11.3 Å². The van der Waals surface area contributed by atoms with E-state index in [4.69, 9.17) is 4.74 Å². The van der Waals surface area contributed by atoms with Crippen molar-refractivity contribution < 1.29 is 13.9 Å². The van der Waals surface area contributed by atoms with Gasteiger partial charge >= 0.3 is 0 Å². The van der Waals surface area contributed by atoms with E-state index in [0.717, 1.165) is 35.2 Å². The van der Waals surface area contributed by atoms with Gasteiger partial charge in [0.05, 0.1) is 10.2 Å². The number of allylic oxidation sites excluding steroid dienone is 4. The second-order valence-corrected chi connectivity index (χ2v) is 9.03. The van der Waals surface area contributed by atoms with Crippen LogP contribution < -0.4 is 0 Å². The highest BCUT2D eigenvalue weighted by Gasteiger charge is 2.40. The van der Waals surface area contributed by atoms with Crippen LogP contribution in [-0.4, -0.2) is 29.6 Å². The molecule has 1 heterocycles. The standard InChI is InChI=1S/C24H27BrFNO2/c1-15(2)12-22(28)27(24(5)8-10-29-11-9-24)23-17(4)7-6-16(3)18-14-21(26)20(25)13-19(18)23/h6-7,13-14H,1,3,8-12H2,2,4-5H3. The van der Waals surface area contributed by atoms with Gasteiger partial charge in [-0.05, 0) is 78.4 Å². The first-order chi connectivity index (χ1) is 13.6. The maximum Gasteiger partial charge on any atom is 0.231 e. The highest BCUT2D eigenvalue weighted by molar-refractivity contribution is 9.10. The van der Waals surface area contributed by atoms with Crippen LogP contribution in [-0.2, 0) is 9.53 Å². The lowest BCUT2D eigenvalue weighted by atomic mass is 9.86. The van der Waals surface area contributed by atoms with Crippen molar-refractivity contribution in [1.82, 2.24) is 4.90 Å². The molecule has 5 heteroatoms. The van der Waals surface area contributed by atoms with E-state index in [9.17, 15) is 9.18 Å². The van der Waals surface area contributed by atoms with Gasteiger partial charge in [-0.3, -0.25) is 4.79 Å². The molecule has 0 radical (unpaired) electrons. The third-order valence-corrected chi connectivity index (χ3v) is 6.21. The SMILES string of the molecule is C=C(C)CC(=O)N(C1=C(C)C=CC(=C)c2cc(F)c(Br)cc21)C1(C)CCOCC1. The van der Waals surface area contributed by atoms with Gasteiger partial charge in [0.2, 0.25) is 5.91 Å². The van der Waals surface area contributed by atoms with Crippen molar-refractivity contribution in [2.45, 2.75) is 45.6 Å². The summed E-state index contributed by atoms with van der Waals surface area (Å²) in [4.78, 5) is 15.4. The van der Waals surface area contributed by atoms with Crippen LogP contribution in [0.4, 0.5) is 4.39 Å². The number of hydrogen-bond donors (Lipinski definition) is 0. The van der Waals surface area contributed by atoms with E-state index in [2.05, 4.69) is 36.0 Å². The Labute approximate surface area is 180 Å². The number of ether oxygens (including phenoxy) is 1. The molecule has 0 unspecified atom stereocenters. The zero-order valence-corrected chi connectivity index (χ0v) is 18.9. The van der Waals surface area contributed by atoms with E-state index >= 15 is 0 Å². The summed E-state index contributed by atoms with van der Waals surface area (Å²) in [5.74, 6) is -0.363. The average Bonchev–Trinajstić information content (AvgIpc) is 2.75. The molecule has 0 bridgehead atoms. The fourth-order valence-corrected chi connectivity index (χ4v) is 4.32. The molecule has 1 fully saturated rings. The van der Waals surface area contributed by atoms with Crippen LogP contribution >= 0.6 is 15.9 Å². The summed E-state index contributed by atoms with van der Waals surface area (Å²) in [5, 5.41) is 0. The van der Waals surface area contributed by atoms with Gasteiger partial charge in [-0.15, -0.1) is 0 Å². The Hall–Kier alpha value is -1.98. The molecule has 0 spiro atoms. The Morgan fingerprint density at radius 2 is 1.93 bits per heavy atom. The van der Waals surface area contributed by atoms with Crippen LogP contribution in [0, 0.1) is 5.82 Å². The molecular formula is C24H27BrFNO2. The molecule has 154 valence electrons. The largest absolute Gasteiger partial charge is 0.381 e. The quantitative estimate of drug-likeness (QED) is 0.496. The normalized spacial score (nSPS) is 18.3. The molecule has 3 nitrogen and oxygen atoms in total. The summed E-state index contributed by atoms with van der Waals surface area (Å²) in [5.41, 5.74) is 4.34. The lowest BCUT2D eigenvalue weighted by molar-refractivity contribution is -0.134. The number of carbonyl (C=O) groups excluding carboxylic acids is 1. The predicted octanol–water partition coefficient (Wildman–Crippen LogP) is 6.27. The van der Waals surface area contributed by atoms with E-state index in [1.807, 2.05) is 30.9 Å².